The van der Waals surface area contributed by atoms with Crippen LogP contribution in [0.15, 0.2) is 16.6 Å². The average molecular weight is 363 g/mol. The van der Waals surface area contributed by atoms with Gasteiger partial charge in [0.2, 0.25) is 0 Å². The summed E-state index contributed by atoms with van der Waals surface area (Å²) in [6.45, 7) is 0.726. The number of hydrogen-bond donors (Lipinski definition) is 1. The monoisotopic (exact) mass is 361 g/mol. The third-order valence-electron chi connectivity index (χ3n) is 4.60. The maximum Gasteiger partial charge on any atom is 0.127 e. The van der Waals surface area contributed by atoms with Crippen LogP contribution < -0.4 is 5.73 Å². The summed E-state index contributed by atoms with van der Waals surface area (Å²) in [5.41, 5.74) is 6.83. The molecule has 1 saturated carbocycles. The van der Waals surface area contributed by atoms with Crippen LogP contribution in [0, 0.1) is 11.2 Å². The van der Waals surface area contributed by atoms with Gasteiger partial charge in [-0.2, -0.15) is 0 Å². The van der Waals surface area contributed by atoms with E-state index < -0.39 is 0 Å². The minimum absolute atomic E-state index is 0.167. The van der Waals surface area contributed by atoms with Crippen molar-refractivity contribution in [3.8, 4) is 0 Å². The van der Waals surface area contributed by atoms with Crippen LogP contribution in [0.25, 0.3) is 0 Å². The zero-order valence-electron chi connectivity index (χ0n) is 11.7. The Bertz CT molecular complexity index is 453. The van der Waals surface area contributed by atoms with Crippen molar-refractivity contribution in [2.24, 2.45) is 11.1 Å². The zero-order chi connectivity index (χ0) is 14.6. The molecule has 0 aliphatic heterocycles. The van der Waals surface area contributed by atoms with Crippen molar-refractivity contribution in [2.45, 2.75) is 51.4 Å². The van der Waals surface area contributed by atoms with Crippen molar-refractivity contribution in [2.75, 3.05) is 6.54 Å². The molecule has 1 aliphatic carbocycles. The first-order chi connectivity index (χ1) is 9.56. The molecule has 2 rings (SSSR count). The molecular formula is C16H22BrClFN. The smallest absolute Gasteiger partial charge is 0.127 e. The van der Waals surface area contributed by atoms with E-state index in [-0.39, 0.29) is 5.82 Å². The van der Waals surface area contributed by atoms with Gasteiger partial charge in [-0.25, -0.2) is 4.39 Å². The molecule has 112 valence electrons. The minimum atomic E-state index is -0.167. The van der Waals surface area contributed by atoms with E-state index in [0.717, 1.165) is 31.4 Å². The Hall–Kier alpha value is -0.120. The fourth-order valence-electron chi connectivity index (χ4n) is 3.39. The number of rotatable bonds is 5. The van der Waals surface area contributed by atoms with Crippen LogP contribution in [-0.4, -0.2) is 6.54 Å². The lowest BCUT2D eigenvalue weighted by Crippen LogP contribution is -2.28. The standard InChI is InChI=1S/C16H22BrClFN/c17-13-11-15(19)12(10-14(13)18)4-7-16(8-9-20)5-2-1-3-6-16/h10-11H,1-9,20H2. The number of benzene rings is 1. The normalized spacial score (nSPS) is 18.2. The Kier molecular flexibility index (Phi) is 5.88. The highest BCUT2D eigenvalue weighted by molar-refractivity contribution is 9.10. The molecule has 0 heterocycles. The Morgan fingerprint density at radius 1 is 1.20 bits per heavy atom. The number of hydrogen-bond acceptors (Lipinski definition) is 1. The van der Waals surface area contributed by atoms with Crippen LogP contribution >= 0.6 is 27.5 Å². The second kappa shape index (κ2) is 7.24. The van der Waals surface area contributed by atoms with Crippen LogP contribution in [-0.2, 0) is 6.42 Å². The molecule has 20 heavy (non-hydrogen) atoms. The fraction of sp³-hybridized carbons (Fsp3) is 0.625. The van der Waals surface area contributed by atoms with Gasteiger partial charge in [0.05, 0.1) is 5.02 Å². The van der Waals surface area contributed by atoms with Crippen molar-refractivity contribution in [1.82, 2.24) is 0 Å². The van der Waals surface area contributed by atoms with Gasteiger partial charge in [0.1, 0.15) is 5.82 Å². The predicted molar refractivity (Wildman–Crippen MR) is 86.6 cm³/mol. The van der Waals surface area contributed by atoms with Gasteiger partial charge < -0.3 is 5.73 Å². The van der Waals surface area contributed by atoms with Crippen molar-refractivity contribution in [3.05, 3.63) is 33.0 Å². The summed E-state index contributed by atoms with van der Waals surface area (Å²) in [7, 11) is 0. The molecule has 1 aliphatic rings. The van der Waals surface area contributed by atoms with E-state index in [0.29, 0.717) is 14.9 Å². The van der Waals surface area contributed by atoms with Gasteiger partial charge in [-0.1, -0.05) is 30.9 Å². The Morgan fingerprint density at radius 2 is 1.90 bits per heavy atom. The van der Waals surface area contributed by atoms with Crippen LogP contribution in [0.1, 0.15) is 50.5 Å². The summed E-state index contributed by atoms with van der Waals surface area (Å²) in [6.07, 6.45) is 9.17. The second-order valence-corrected chi connectivity index (χ2v) is 7.22. The Labute approximate surface area is 134 Å². The quantitative estimate of drug-likeness (QED) is 0.690. The summed E-state index contributed by atoms with van der Waals surface area (Å²) < 4.78 is 14.6. The van der Waals surface area contributed by atoms with Gasteiger partial charge in [0, 0.05) is 4.47 Å². The second-order valence-electron chi connectivity index (χ2n) is 5.96. The van der Waals surface area contributed by atoms with E-state index in [9.17, 15) is 4.39 Å². The van der Waals surface area contributed by atoms with E-state index >= 15 is 0 Å². The Balaban J connectivity index is 2.07. The van der Waals surface area contributed by atoms with E-state index in [4.69, 9.17) is 17.3 Å². The van der Waals surface area contributed by atoms with Gasteiger partial charge in [-0.15, -0.1) is 0 Å². The van der Waals surface area contributed by atoms with Crippen LogP contribution in [0.5, 0.6) is 0 Å². The Morgan fingerprint density at radius 3 is 2.55 bits per heavy atom. The lowest BCUT2D eigenvalue weighted by molar-refractivity contribution is 0.160. The van der Waals surface area contributed by atoms with Crippen molar-refractivity contribution < 1.29 is 4.39 Å². The minimum Gasteiger partial charge on any atom is -0.330 e. The number of nitrogens with two attached hydrogens (primary N) is 1. The van der Waals surface area contributed by atoms with Crippen molar-refractivity contribution in [1.29, 1.82) is 0 Å². The molecule has 0 saturated heterocycles. The lowest BCUT2D eigenvalue weighted by atomic mass is 9.68. The molecule has 0 unspecified atom stereocenters. The molecule has 0 spiro atoms. The zero-order valence-corrected chi connectivity index (χ0v) is 14.1. The first-order valence-corrected chi connectivity index (χ1v) is 8.57. The van der Waals surface area contributed by atoms with Crippen molar-refractivity contribution >= 4 is 27.5 Å². The van der Waals surface area contributed by atoms with Gasteiger partial charge in [0.15, 0.2) is 0 Å². The van der Waals surface area contributed by atoms with E-state index in [1.54, 1.807) is 6.07 Å². The average Bonchev–Trinajstić information content (AvgIpc) is 2.43. The highest BCUT2D eigenvalue weighted by atomic mass is 79.9. The first kappa shape index (κ1) is 16.3. The van der Waals surface area contributed by atoms with Gasteiger partial charge in [0.25, 0.3) is 0 Å². The van der Waals surface area contributed by atoms with Crippen LogP contribution in [0.2, 0.25) is 5.02 Å². The molecule has 0 amide bonds. The molecule has 0 atom stereocenters. The molecule has 1 aromatic rings. The summed E-state index contributed by atoms with van der Waals surface area (Å²) in [6, 6.07) is 3.22. The molecule has 0 bridgehead atoms. The highest BCUT2D eigenvalue weighted by Gasteiger charge is 2.31. The summed E-state index contributed by atoms with van der Waals surface area (Å²) in [4.78, 5) is 0. The molecule has 0 radical (unpaired) electrons. The molecule has 4 heteroatoms. The third kappa shape index (κ3) is 3.96. The maximum absolute atomic E-state index is 14.0. The molecule has 0 aromatic heterocycles. The molecule has 1 aromatic carbocycles. The largest absolute Gasteiger partial charge is 0.330 e. The number of aryl methyl sites for hydroxylation is 1. The third-order valence-corrected chi connectivity index (χ3v) is 5.80. The topological polar surface area (TPSA) is 26.0 Å². The summed E-state index contributed by atoms with van der Waals surface area (Å²) in [5.74, 6) is -0.167. The molecule has 1 fully saturated rings. The van der Waals surface area contributed by atoms with Crippen LogP contribution in [0.3, 0.4) is 0 Å². The van der Waals surface area contributed by atoms with Crippen molar-refractivity contribution in [3.63, 3.8) is 0 Å². The SMILES string of the molecule is NCCC1(CCc2cc(Cl)c(Br)cc2F)CCCCC1. The highest BCUT2D eigenvalue weighted by Crippen LogP contribution is 2.43. The maximum atomic E-state index is 14.0. The van der Waals surface area contributed by atoms with Gasteiger partial charge >= 0.3 is 0 Å². The van der Waals surface area contributed by atoms with Crippen LogP contribution in [0.4, 0.5) is 4.39 Å². The summed E-state index contributed by atoms with van der Waals surface area (Å²) in [5, 5.41) is 0.581. The molecular weight excluding hydrogens is 341 g/mol. The van der Waals surface area contributed by atoms with Gasteiger partial charge in [-0.05, 0) is 77.7 Å². The predicted octanol–water partition coefficient (Wildman–Crippen LogP) is 5.47. The first-order valence-electron chi connectivity index (χ1n) is 7.40. The van der Waals surface area contributed by atoms with Gasteiger partial charge in [-0.3, -0.25) is 0 Å². The van der Waals surface area contributed by atoms with E-state index in [1.807, 2.05) is 0 Å². The molecule has 1 nitrogen and oxygen atoms in total. The van der Waals surface area contributed by atoms with E-state index in [1.165, 1.54) is 38.2 Å². The fourth-order valence-corrected chi connectivity index (χ4v) is 3.89. The molecule has 2 N–H and O–H groups in total. The number of halogens is 3. The van der Waals surface area contributed by atoms with E-state index in [2.05, 4.69) is 15.9 Å². The summed E-state index contributed by atoms with van der Waals surface area (Å²) >= 11 is 9.32. The lowest BCUT2D eigenvalue weighted by Gasteiger charge is -2.37.